The molecule has 1 N–H and O–H groups in total. The fourth-order valence-corrected chi connectivity index (χ4v) is 4.48. The second-order valence-electron chi connectivity index (χ2n) is 8.95. The molecule has 3 heterocycles. The quantitative estimate of drug-likeness (QED) is 0.509. The van der Waals surface area contributed by atoms with Gasteiger partial charge in [-0.3, -0.25) is 4.90 Å². The van der Waals surface area contributed by atoms with Crippen LogP contribution in [-0.4, -0.2) is 66.3 Å². The normalized spacial score (nSPS) is 19.9. The smallest absolute Gasteiger partial charge is 0.296 e. The largest absolute Gasteiger partial charge is 0.493 e. The Hall–Kier alpha value is -3.55. The summed E-state index contributed by atoms with van der Waals surface area (Å²) in [6, 6.07) is 6.39. The van der Waals surface area contributed by atoms with Crippen LogP contribution in [0.4, 0.5) is 24.7 Å². The summed E-state index contributed by atoms with van der Waals surface area (Å²) in [6.07, 6.45) is 5.58. The SMILES string of the molecule is C#Cc1c(C)ccc(Nc2ncnc3cc(OC)c(O[C@H]4CCN(C5COC5)CC4(F)F)cc23)c1F. The molecule has 0 unspecified atom stereocenters. The topological polar surface area (TPSA) is 68.7 Å². The van der Waals surface area contributed by atoms with Crippen LogP contribution in [0.15, 0.2) is 30.6 Å². The predicted molar refractivity (Wildman–Crippen MR) is 129 cm³/mol. The van der Waals surface area contributed by atoms with Gasteiger partial charge in [-0.15, -0.1) is 6.42 Å². The Morgan fingerprint density at radius 1 is 1.22 bits per heavy atom. The Bertz CT molecular complexity index is 1340. The number of hydrogen-bond donors (Lipinski definition) is 1. The second kappa shape index (κ2) is 9.48. The third kappa shape index (κ3) is 4.40. The highest BCUT2D eigenvalue weighted by Gasteiger charge is 2.48. The fourth-order valence-electron chi connectivity index (χ4n) is 4.48. The lowest BCUT2D eigenvalue weighted by molar-refractivity contribution is -0.170. The number of piperidine rings is 1. The zero-order chi connectivity index (χ0) is 25.4. The summed E-state index contributed by atoms with van der Waals surface area (Å²) >= 11 is 0. The molecule has 0 bridgehead atoms. The lowest BCUT2D eigenvalue weighted by Crippen LogP contribution is -2.60. The third-order valence-corrected chi connectivity index (χ3v) is 6.64. The molecule has 2 aliphatic rings. The van der Waals surface area contributed by atoms with Crippen LogP contribution in [0.1, 0.15) is 17.5 Å². The van der Waals surface area contributed by atoms with Gasteiger partial charge in [0, 0.05) is 24.4 Å². The summed E-state index contributed by atoms with van der Waals surface area (Å²) < 4.78 is 61.4. The summed E-state index contributed by atoms with van der Waals surface area (Å²) in [4.78, 5) is 10.2. The molecule has 0 radical (unpaired) electrons. The number of alkyl halides is 2. The first-order valence-corrected chi connectivity index (χ1v) is 11.5. The number of likely N-dealkylation sites (tertiary alicyclic amines) is 1. The van der Waals surface area contributed by atoms with Gasteiger partial charge in [0.25, 0.3) is 5.92 Å². The molecular formula is C26H25F3N4O3. The van der Waals surface area contributed by atoms with E-state index in [1.165, 1.54) is 19.5 Å². The van der Waals surface area contributed by atoms with E-state index in [-0.39, 0.29) is 41.0 Å². The summed E-state index contributed by atoms with van der Waals surface area (Å²) in [5.74, 6) is -0.647. The van der Waals surface area contributed by atoms with Gasteiger partial charge in [0.2, 0.25) is 0 Å². The average Bonchev–Trinajstić information content (AvgIpc) is 2.81. The maximum absolute atomic E-state index is 15.0. The molecule has 10 heteroatoms. The van der Waals surface area contributed by atoms with Crippen LogP contribution >= 0.6 is 0 Å². The van der Waals surface area contributed by atoms with Crippen molar-refractivity contribution in [3.63, 3.8) is 0 Å². The van der Waals surface area contributed by atoms with Gasteiger partial charge in [-0.2, -0.15) is 0 Å². The van der Waals surface area contributed by atoms with Crippen molar-refractivity contribution in [1.82, 2.24) is 14.9 Å². The van der Waals surface area contributed by atoms with Crippen LogP contribution < -0.4 is 14.8 Å². The molecule has 2 aromatic carbocycles. The van der Waals surface area contributed by atoms with Crippen molar-refractivity contribution in [1.29, 1.82) is 0 Å². The molecule has 2 aliphatic heterocycles. The second-order valence-corrected chi connectivity index (χ2v) is 8.95. The highest BCUT2D eigenvalue weighted by atomic mass is 19.3. The summed E-state index contributed by atoms with van der Waals surface area (Å²) in [7, 11) is 1.43. The van der Waals surface area contributed by atoms with Crippen molar-refractivity contribution in [2.24, 2.45) is 0 Å². The molecule has 36 heavy (non-hydrogen) atoms. The summed E-state index contributed by atoms with van der Waals surface area (Å²) in [5, 5.41) is 3.40. The number of hydrogen-bond acceptors (Lipinski definition) is 7. The number of methoxy groups -OCH3 is 1. The molecule has 5 rings (SSSR count). The number of benzene rings is 2. The van der Waals surface area contributed by atoms with E-state index in [2.05, 4.69) is 21.2 Å². The van der Waals surface area contributed by atoms with Gasteiger partial charge >= 0.3 is 0 Å². The summed E-state index contributed by atoms with van der Waals surface area (Å²) in [5.41, 5.74) is 1.37. The number of aryl methyl sites for hydroxylation is 1. The van der Waals surface area contributed by atoms with Gasteiger partial charge in [0.15, 0.2) is 23.4 Å². The Labute approximate surface area is 206 Å². The zero-order valence-corrected chi connectivity index (χ0v) is 19.9. The van der Waals surface area contributed by atoms with E-state index in [1.54, 1.807) is 30.0 Å². The Balaban J connectivity index is 1.46. The molecule has 3 aromatic rings. The highest BCUT2D eigenvalue weighted by molar-refractivity contribution is 5.93. The van der Waals surface area contributed by atoms with Gasteiger partial charge in [-0.25, -0.2) is 23.1 Å². The molecule has 1 aromatic heterocycles. The van der Waals surface area contributed by atoms with Gasteiger partial charge in [0.05, 0.1) is 49.7 Å². The number of nitrogens with one attached hydrogen (secondary N) is 1. The van der Waals surface area contributed by atoms with E-state index in [4.69, 9.17) is 20.6 Å². The number of anilines is 2. The average molecular weight is 499 g/mol. The molecule has 0 amide bonds. The standard InChI is InChI=1S/C26H25F3N4O3/c1-4-17-15(2)5-6-19(24(17)27)32-25-18-9-22(21(34-3)10-20(18)30-14-31-25)36-23-7-8-33(13-26(23,28)29)16-11-35-12-16/h1,5-6,9-10,14,16,23H,7-8,11-13H2,2-3H3,(H,30,31,32)/t23-/m0/s1. The molecule has 2 saturated heterocycles. The van der Waals surface area contributed by atoms with Crippen LogP contribution in [0.3, 0.4) is 0 Å². The van der Waals surface area contributed by atoms with E-state index >= 15 is 8.78 Å². The summed E-state index contributed by atoms with van der Waals surface area (Å²) in [6.45, 7) is 2.74. The first-order valence-electron chi connectivity index (χ1n) is 11.5. The number of aromatic nitrogens is 2. The third-order valence-electron chi connectivity index (χ3n) is 6.64. The van der Waals surface area contributed by atoms with Gasteiger partial charge in [-0.05, 0) is 24.6 Å². The number of nitrogens with zero attached hydrogens (tertiary/aromatic N) is 3. The van der Waals surface area contributed by atoms with Crippen LogP contribution in [0, 0.1) is 25.1 Å². The van der Waals surface area contributed by atoms with Crippen LogP contribution in [-0.2, 0) is 4.74 Å². The molecule has 0 saturated carbocycles. The Morgan fingerprint density at radius 3 is 2.69 bits per heavy atom. The number of halogens is 3. The maximum Gasteiger partial charge on any atom is 0.296 e. The van der Waals surface area contributed by atoms with Crippen molar-refractivity contribution in [3.8, 4) is 23.8 Å². The lowest BCUT2D eigenvalue weighted by atomic mass is 10.0. The van der Waals surface area contributed by atoms with Gasteiger partial charge < -0.3 is 19.5 Å². The van der Waals surface area contributed by atoms with Crippen LogP contribution in [0.25, 0.3) is 10.9 Å². The van der Waals surface area contributed by atoms with E-state index < -0.39 is 24.4 Å². The molecular weight excluding hydrogens is 473 g/mol. The van der Waals surface area contributed by atoms with Crippen molar-refractivity contribution >= 4 is 22.4 Å². The lowest BCUT2D eigenvalue weighted by Gasteiger charge is -2.44. The van der Waals surface area contributed by atoms with Gasteiger partial charge in [0.1, 0.15) is 12.1 Å². The Kier molecular flexibility index (Phi) is 6.36. The van der Waals surface area contributed by atoms with E-state index in [9.17, 15) is 4.39 Å². The minimum atomic E-state index is -3.07. The zero-order valence-electron chi connectivity index (χ0n) is 19.9. The van der Waals surface area contributed by atoms with E-state index in [0.717, 1.165) is 0 Å². The van der Waals surface area contributed by atoms with Crippen molar-refractivity contribution < 1.29 is 27.4 Å². The predicted octanol–water partition coefficient (Wildman–Crippen LogP) is 4.30. The Morgan fingerprint density at radius 2 is 2.03 bits per heavy atom. The fraction of sp³-hybridized carbons (Fsp3) is 0.385. The molecule has 188 valence electrons. The molecule has 7 nitrogen and oxygen atoms in total. The number of terminal acetylenes is 1. The van der Waals surface area contributed by atoms with Crippen molar-refractivity contribution in [3.05, 3.63) is 47.5 Å². The molecule has 0 aliphatic carbocycles. The number of fused-ring (bicyclic) bond motifs is 1. The van der Waals surface area contributed by atoms with Crippen molar-refractivity contribution in [2.75, 3.05) is 38.7 Å². The van der Waals surface area contributed by atoms with Gasteiger partial charge in [-0.1, -0.05) is 12.0 Å². The highest BCUT2D eigenvalue weighted by Crippen LogP contribution is 2.39. The minimum absolute atomic E-state index is 0.0231. The molecule has 2 fully saturated rings. The molecule has 1 atom stereocenters. The monoisotopic (exact) mass is 498 g/mol. The van der Waals surface area contributed by atoms with E-state index in [1.807, 2.05) is 0 Å². The van der Waals surface area contributed by atoms with Crippen LogP contribution in [0.5, 0.6) is 11.5 Å². The van der Waals surface area contributed by atoms with Crippen LogP contribution in [0.2, 0.25) is 0 Å². The van der Waals surface area contributed by atoms with Crippen molar-refractivity contribution in [2.45, 2.75) is 31.4 Å². The number of rotatable bonds is 6. The minimum Gasteiger partial charge on any atom is -0.493 e. The first-order chi connectivity index (χ1) is 17.3. The number of ether oxygens (including phenoxy) is 3. The van der Waals surface area contributed by atoms with E-state index in [0.29, 0.717) is 36.2 Å². The maximum atomic E-state index is 15.0. The molecule has 0 spiro atoms. The first kappa shape index (κ1) is 24.2.